The fourth-order valence-electron chi connectivity index (χ4n) is 3.71. The average molecular weight is 381 g/mol. The molecule has 2 atom stereocenters. The maximum Gasteiger partial charge on any atom is 0.280 e. The van der Waals surface area contributed by atoms with Crippen molar-refractivity contribution in [3.8, 4) is 5.75 Å². The van der Waals surface area contributed by atoms with Gasteiger partial charge in [-0.25, -0.2) is 0 Å². The standard InChI is InChI=1S/C18H27N3O4S/c1-21-17(18(22)19-14-6-4-3-5-7-14)12-16(20-26(21,23)24)13-8-10-15(25-2)11-9-13/h8-11,14,16-17,20H,3-7,12H2,1-2H3,(H,19,22)/t16-,17+/m0/s1. The number of hydrogen-bond acceptors (Lipinski definition) is 4. The number of rotatable bonds is 4. The van der Waals surface area contributed by atoms with Crippen molar-refractivity contribution < 1.29 is 17.9 Å². The Balaban J connectivity index is 1.76. The van der Waals surface area contributed by atoms with Crippen LogP contribution >= 0.6 is 0 Å². The Morgan fingerprint density at radius 1 is 1.19 bits per heavy atom. The molecule has 1 saturated carbocycles. The second-order valence-corrected chi connectivity index (χ2v) is 8.82. The van der Waals surface area contributed by atoms with Gasteiger partial charge >= 0.3 is 0 Å². The Morgan fingerprint density at radius 2 is 1.85 bits per heavy atom. The lowest BCUT2D eigenvalue weighted by Crippen LogP contribution is -2.58. The highest BCUT2D eigenvalue weighted by Crippen LogP contribution is 2.29. The number of amides is 1. The monoisotopic (exact) mass is 381 g/mol. The smallest absolute Gasteiger partial charge is 0.280 e. The van der Waals surface area contributed by atoms with Gasteiger partial charge in [0.05, 0.1) is 7.11 Å². The maximum absolute atomic E-state index is 12.8. The summed E-state index contributed by atoms with van der Waals surface area (Å²) < 4.78 is 34.0. The number of carbonyl (C=O) groups is 1. The predicted octanol–water partition coefficient (Wildman–Crippen LogP) is 1.72. The zero-order chi connectivity index (χ0) is 18.7. The van der Waals surface area contributed by atoms with E-state index in [0.29, 0.717) is 12.2 Å². The van der Waals surface area contributed by atoms with Crippen LogP contribution in [0.4, 0.5) is 0 Å². The summed E-state index contributed by atoms with van der Waals surface area (Å²) in [6.45, 7) is 0. The van der Waals surface area contributed by atoms with E-state index in [2.05, 4.69) is 10.0 Å². The van der Waals surface area contributed by atoms with E-state index in [9.17, 15) is 13.2 Å². The summed E-state index contributed by atoms with van der Waals surface area (Å²) in [6.07, 6.45) is 5.75. The minimum absolute atomic E-state index is 0.154. The van der Waals surface area contributed by atoms with Gasteiger partial charge in [-0.3, -0.25) is 4.79 Å². The molecule has 2 N–H and O–H groups in total. The molecule has 8 heteroatoms. The summed E-state index contributed by atoms with van der Waals surface area (Å²) >= 11 is 0. The van der Waals surface area contributed by atoms with E-state index in [-0.39, 0.29) is 11.9 Å². The van der Waals surface area contributed by atoms with Gasteiger partial charge in [-0.05, 0) is 37.0 Å². The van der Waals surface area contributed by atoms with Crippen LogP contribution < -0.4 is 14.8 Å². The largest absolute Gasteiger partial charge is 0.497 e. The molecule has 1 heterocycles. The third-order valence-electron chi connectivity index (χ3n) is 5.34. The molecule has 1 saturated heterocycles. The van der Waals surface area contributed by atoms with E-state index in [1.807, 2.05) is 12.1 Å². The van der Waals surface area contributed by atoms with E-state index in [1.165, 1.54) is 13.5 Å². The molecule has 0 bridgehead atoms. The zero-order valence-corrected chi connectivity index (χ0v) is 16.1. The van der Waals surface area contributed by atoms with Crippen LogP contribution in [-0.2, 0) is 15.0 Å². The number of hydrogen-bond donors (Lipinski definition) is 2. The molecular formula is C18H27N3O4S. The number of likely N-dealkylation sites (N-methyl/N-ethyl adjacent to an activating group) is 1. The lowest BCUT2D eigenvalue weighted by molar-refractivity contribution is -0.126. The van der Waals surface area contributed by atoms with Crippen LogP contribution in [0.5, 0.6) is 5.75 Å². The fraction of sp³-hybridized carbons (Fsp3) is 0.611. The van der Waals surface area contributed by atoms with E-state index in [4.69, 9.17) is 4.74 Å². The maximum atomic E-state index is 12.8. The fourth-order valence-corrected chi connectivity index (χ4v) is 4.98. The first-order chi connectivity index (χ1) is 12.4. The van der Waals surface area contributed by atoms with Crippen LogP contribution in [0.1, 0.15) is 50.1 Å². The average Bonchev–Trinajstić information content (AvgIpc) is 2.64. The van der Waals surface area contributed by atoms with E-state index >= 15 is 0 Å². The third-order valence-corrected chi connectivity index (χ3v) is 6.94. The molecule has 144 valence electrons. The molecule has 0 radical (unpaired) electrons. The lowest BCUT2D eigenvalue weighted by Gasteiger charge is -2.37. The summed E-state index contributed by atoms with van der Waals surface area (Å²) in [6, 6.07) is 6.24. The molecule has 0 aromatic heterocycles. The number of carbonyl (C=O) groups excluding carboxylic acids is 1. The lowest BCUT2D eigenvalue weighted by atomic mass is 9.94. The van der Waals surface area contributed by atoms with Crippen LogP contribution in [0.15, 0.2) is 24.3 Å². The van der Waals surface area contributed by atoms with Gasteiger partial charge in [0.1, 0.15) is 11.8 Å². The van der Waals surface area contributed by atoms with Crippen LogP contribution in [0.3, 0.4) is 0 Å². The number of nitrogens with zero attached hydrogens (tertiary/aromatic N) is 1. The van der Waals surface area contributed by atoms with Gasteiger partial charge in [-0.1, -0.05) is 31.4 Å². The van der Waals surface area contributed by atoms with Gasteiger partial charge in [-0.2, -0.15) is 17.4 Å². The number of methoxy groups -OCH3 is 1. The van der Waals surface area contributed by atoms with Crippen LogP contribution in [0.2, 0.25) is 0 Å². The van der Waals surface area contributed by atoms with Gasteiger partial charge in [-0.15, -0.1) is 0 Å². The van der Waals surface area contributed by atoms with Gasteiger partial charge in [0.2, 0.25) is 5.91 Å². The Bertz CT molecular complexity index is 729. The molecule has 1 aromatic carbocycles. The van der Waals surface area contributed by atoms with Crippen molar-refractivity contribution in [1.82, 2.24) is 14.3 Å². The minimum Gasteiger partial charge on any atom is -0.497 e. The minimum atomic E-state index is -3.72. The Kier molecular flexibility index (Phi) is 5.84. The molecule has 7 nitrogen and oxygen atoms in total. The van der Waals surface area contributed by atoms with Gasteiger partial charge in [0, 0.05) is 19.1 Å². The quantitative estimate of drug-likeness (QED) is 0.831. The van der Waals surface area contributed by atoms with E-state index in [0.717, 1.165) is 35.6 Å². The van der Waals surface area contributed by atoms with Crippen molar-refractivity contribution in [3.05, 3.63) is 29.8 Å². The molecule has 2 fully saturated rings. The molecule has 0 spiro atoms. The summed E-state index contributed by atoms with van der Waals surface area (Å²) in [5.41, 5.74) is 0.818. The SMILES string of the molecule is COc1ccc([C@@H]2C[C@H](C(=O)NC3CCCCC3)N(C)S(=O)(=O)N2)cc1. The van der Waals surface area contributed by atoms with Crippen molar-refractivity contribution in [2.45, 2.75) is 56.7 Å². The Labute approximate surface area is 155 Å². The molecule has 3 rings (SSSR count). The summed E-state index contributed by atoms with van der Waals surface area (Å²) in [5.74, 6) is 0.499. The second kappa shape index (κ2) is 7.94. The van der Waals surface area contributed by atoms with Crippen molar-refractivity contribution >= 4 is 16.1 Å². The zero-order valence-electron chi connectivity index (χ0n) is 15.3. The summed E-state index contributed by atoms with van der Waals surface area (Å²) in [5, 5.41) is 3.05. The summed E-state index contributed by atoms with van der Waals surface area (Å²) in [7, 11) is -0.680. The van der Waals surface area contributed by atoms with Crippen LogP contribution in [0, 0.1) is 0 Å². The van der Waals surface area contributed by atoms with Gasteiger partial charge in [0.15, 0.2) is 0 Å². The normalized spacial score (nSPS) is 27.0. The highest BCUT2D eigenvalue weighted by molar-refractivity contribution is 7.87. The first-order valence-corrected chi connectivity index (χ1v) is 10.5. The van der Waals surface area contributed by atoms with Crippen molar-refractivity contribution in [2.75, 3.05) is 14.2 Å². The van der Waals surface area contributed by atoms with Crippen molar-refractivity contribution in [1.29, 1.82) is 0 Å². The summed E-state index contributed by atoms with van der Waals surface area (Å²) in [4.78, 5) is 12.8. The molecule has 26 heavy (non-hydrogen) atoms. The molecule has 2 aliphatic rings. The molecule has 1 aromatic rings. The first-order valence-electron chi connectivity index (χ1n) is 9.10. The van der Waals surface area contributed by atoms with Gasteiger partial charge < -0.3 is 10.1 Å². The predicted molar refractivity (Wildman–Crippen MR) is 99.0 cm³/mol. The third kappa shape index (κ3) is 4.19. The Morgan fingerprint density at radius 3 is 2.46 bits per heavy atom. The van der Waals surface area contributed by atoms with Crippen molar-refractivity contribution in [2.24, 2.45) is 0 Å². The number of ether oxygens (including phenoxy) is 1. The van der Waals surface area contributed by atoms with E-state index in [1.54, 1.807) is 19.2 Å². The van der Waals surface area contributed by atoms with Gasteiger partial charge in [0.25, 0.3) is 10.2 Å². The molecule has 1 amide bonds. The Hall–Kier alpha value is -1.64. The van der Waals surface area contributed by atoms with Crippen LogP contribution in [0.25, 0.3) is 0 Å². The molecular weight excluding hydrogens is 354 g/mol. The number of nitrogens with one attached hydrogen (secondary N) is 2. The highest BCUT2D eigenvalue weighted by Gasteiger charge is 2.41. The molecule has 1 aliphatic carbocycles. The second-order valence-electron chi connectivity index (χ2n) is 7.06. The van der Waals surface area contributed by atoms with Crippen molar-refractivity contribution in [3.63, 3.8) is 0 Å². The van der Waals surface area contributed by atoms with Crippen LogP contribution in [-0.4, -0.2) is 44.9 Å². The number of benzene rings is 1. The first kappa shape index (κ1) is 19.1. The molecule has 0 unspecified atom stereocenters. The van der Waals surface area contributed by atoms with E-state index < -0.39 is 22.3 Å². The highest BCUT2D eigenvalue weighted by atomic mass is 32.2. The molecule has 1 aliphatic heterocycles. The topological polar surface area (TPSA) is 87.7 Å².